The van der Waals surface area contributed by atoms with Gasteiger partial charge in [0.25, 0.3) is 0 Å². The van der Waals surface area contributed by atoms with E-state index in [0.717, 1.165) is 28.8 Å². The average Bonchev–Trinajstić information content (AvgIpc) is 3.26. The first-order chi connectivity index (χ1) is 30.3. The summed E-state index contributed by atoms with van der Waals surface area (Å²) in [4.78, 5) is 36.7. The van der Waals surface area contributed by atoms with E-state index in [0.29, 0.717) is 19.3 Å². The van der Waals surface area contributed by atoms with E-state index in [4.69, 9.17) is 9.47 Å². The number of methoxy groups -OCH3 is 2. The number of rotatable bonds is 14. The molecular formula is C49H50O15. The number of carbonyl (C=O) groups is 3. The molecule has 0 heterocycles. The van der Waals surface area contributed by atoms with Crippen LogP contribution in [0.15, 0.2) is 97.1 Å². The summed E-state index contributed by atoms with van der Waals surface area (Å²) in [5.74, 6) is -2.14. The second kappa shape index (κ2) is 22.1. The van der Waals surface area contributed by atoms with Crippen LogP contribution in [0.1, 0.15) is 78.2 Å². The Kier molecular flexibility index (Phi) is 16.8. The first-order valence-electron chi connectivity index (χ1n) is 19.7. The van der Waals surface area contributed by atoms with E-state index in [1.807, 2.05) is 0 Å². The van der Waals surface area contributed by atoms with Crippen molar-refractivity contribution in [2.75, 3.05) is 14.2 Å². The average molecular weight is 879 g/mol. The first-order valence-corrected chi connectivity index (χ1v) is 19.7. The fourth-order valence-electron chi connectivity index (χ4n) is 6.34. The van der Waals surface area contributed by atoms with E-state index in [9.17, 15) is 65.4 Å². The summed E-state index contributed by atoms with van der Waals surface area (Å²) in [6.45, 7) is 2.99. The molecule has 15 nitrogen and oxygen atoms in total. The normalized spacial score (nSPS) is 10.4. The van der Waals surface area contributed by atoms with Crippen molar-refractivity contribution in [2.45, 2.75) is 52.4 Å². The molecule has 0 radical (unpaired) electrons. The Bertz CT molecular complexity index is 2580. The molecule has 336 valence electrons. The predicted octanol–water partition coefficient (Wildman–Crippen LogP) is 8.20. The third kappa shape index (κ3) is 12.7. The minimum absolute atomic E-state index is 0.0640. The van der Waals surface area contributed by atoms with Gasteiger partial charge < -0.3 is 60.5 Å². The van der Waals surface area contributed by atoms with Gasteiger partial charge in [-0.25, -0.2) is 0 Å². The summed E-state index contributed by atoms with van der Waals surface area (Å²) < 4.78 is 10.1. The predicted molar refractivity (Wildman–Crippen MR) is 236 cm³/mol. The molecule has 0 aliphatic rings. The number of Topliss-reactive ketones (excluding diaryl/α,β-unsaturated/α-hetero) is 3. The van der Waals surface area contributed by atoms with E-state index in [-0.39, 0.29) is 116 Å². The quantitative estimate of drug-likeness (QED) is 0.0462. The molecule has 0 amide bonds. The van der Waals surface area contributed by atoms with Gasteiger partial charge in [0.2, 0.25) is 0 Å². The second-order valence-electron chi connectivity index (χ2n) is 14.5. The lowest BCUT2D eigenvalue weighted by molar-refractivity contribution is 0.0968. The molecular weight excluding hydrogens is 829 g/mol. The Hall–Kier alpha value is -8.07. The SMILES string of the molecule is COc1cc(O)c(C)c(O)c1C(=O)CCc1ccc(O)cc1.COc1cc(O)cc(O)c1C(=O)CCc1ccc(O)cc1.Cc1c(O)cc(O)c(C(=O)CCc2ccc(O)cc2)c1O. The van der Waals surface area contributed by atoms with E-state index in [1.165, 1.54) is 52.3 Å². The Morgan fingerprint density at radius 1 is 0.391 bits per heavy atom. The van der Waals surface area contributed by atoms with Crippen LogP contribution in [0.5, 0.6) is 69.0 Å². The zero-order valence-corrected chi connectivity index (χ0v) is 35.5. The van der Waals surface area contributed by atoms with Gasteiger partial charge in [-0.2, -0.15) is 0 Å². The summed E-state index contributed by atoms with van der Waals surface area (Å²) in [5.41, 5.74) is 3.03. The lowest BCUT2D eigenvalue weighted by Gasteiger charge is -2.13. The molecule has 0 aliphatic heterocycles. The number of phenols is 10. The van der Waals surface area contributed by atoms with Crippen LogP contribution >= 0.6 is 0 Å². The fourth-order valence-corrected chi connectivity index (χ4v) is 6.34. The van der Waals surface area contributed by atoms with Gasteiger partial charge in [0.15, 0.2) is 17.3 Å². The van der Waals surface area contributed by atoms with Crippen molar-refractivity contribution < 1.29 is 74.9 Å². The maximum atomic E-state index is 12.4. The molecule has 6 aromatic rings. The molecule has 64 heavy (non-hydrogen) atoms. The highest BCUT2D eigenvalue weighted by Gasteiger charge is 2.23. The topological polar surface area (TPSA) is 272 Å². The molecule has 0 bridgehead atoms. The standard InChI is InChI=1S/C17H18O5.2C16H16O5/c1-10-14(20)9-15(22-2)16(17(10)21)13(19)8-5-11-3-6-12(18)7-4-11;1-21-15-9-12(18)8-14(20)16(15)13(19)7-4-10-2-5-11(17)6-3-10;1-9-13(19)8-14(20)15(16(9)21)12(18)7-4-10-2-5-11(17)6-3-10/h3-4,6-7,9,18,20-21H,5,8H2,1-2H3;2-3,5-6,8-9,17-18,20H,4,7H2,1H3;2-3,5-6,8,17,19-21H,4,7H2,1H3. The lowest BCUT2D eigenvalue weighted by Crippen LogP contribution is -2.05. The lowest BCUT2D eigenvalue weighted by atomic mass is 9.98. The number of ether oxygens (including phenoxy) is 2. The summed E-state index contributed by atoms with van der Waals surface area (Å²) in [6.07, 6.45) is 1.82. The van der Waals surface area contributed by atoms with Crippen molar-refractivity contribution in [1.29, 1.82) is 0 Å². The molecule has 0 saturated carbocycles. The van der Waals surface area contributed by atoms with E-state index < -0.39 is 17.3 Å². The molecule has 0 unspecified atom stereocenters. The van der Waals surface area contributed by atoms with Crippen LogP contribution in [0.25, 0.3) is 0 Å². The van der Waals surface area contributed by atoms with Crippen LogP contribution in [0.4, 0.5) is 0 Å². The number of benzene rings is 6. The summed E-state index contributed by atoms with van der Waals surface area (Å²) in [5, 5.41) is 95.7. The minimum atomic E-state index is -0.439. The Morgan fingerprint density at radius 3 is 1.12 bits per heavy atom. The van der Waals surface area contributed by atoms with Crippen LogP contribution < -0.4 is 9.47 Å². The van der Waals surface area contributed by atoms with Crippen molar-refractivity contribution in [1.82, 2.24) is 0 Å². The van der Waals surface area contributed by atoms with Crippen molar-refractivity contribution in [2.24, 2.45) is 0 Å². The van der Waals surface area contributed by atoms with Crippen LogP contribution in [0.3, 0.4) is 0 Å². The first kappa shape index (κ1) is 48.6. The molecule has 0 aliphatic carbocycles. The second-order valence-corrected chi connectivity index (χ2v) is 14.5. The number of carbonyl (C=O) groups excluding carboxylic acids is 3. The van der Waals surface area contributed by atoms with Gasteiger partial charge in [-0.05, 0) is 86.2 Å². The van der Waals surface area contributed by atoms with Crippen molar-refractivity contribution >= 4 is 17.3 Å². The number of aryl methyl sites for hydroxylation is 3. The van der Waals surface area contributed by atoms with E-state index in [2.05, 4.69) is 0 Å². The maximum Gasteiger partial charge on any atom is 0.170 e. The largest absolute Gasteiger partial charge is 0.508 e. The number of ketones is 3. The molecule has 6 rings (SSSR count). The molecule has 15 heteroatoms. The third-order valence-electron chi connectivity index (χ3n) is 10.1. The fraction of sp³-hybridized carbons (Fsp3) is 0.204. The maximum absolute atomic E-state index is 12.4. The molecule has 0 atom stereocenters. The summed E-state index contributed by atoms with van der Waals surface area (Å²) >= 11 is 0. The number of hydrogen-bond donors (Lipinski definition) is 10. The van der Waals surface area contributed by atoms with Crippen molar-refractivity contribution in [3.8, 4) is 69.0 Å². The Balaban J connectivity index is 0.000000210. The van der Waals surface area contributed by atoms with Gasteiger partial charge in [0, 0.05) is 54.7 Å². The van der Waals surface area contributed by atoms with Crippen molar-refractivity contribution in [3.63, 3.8) is 0 Å². The van der Waals surface area contributed by atoms with Crippen LogP contribution in [0, 0.1) is 13.8 Å². The van der Waals surface area contributed by atoms with Gasteiger partial charge in [-0.1, -0.05) is 36.4 Å². The number of aromatic hydroxyl groups is 10. The van der Waals surface area contributed by atoms with Gasteiger partial charge in [0.1, 0.15) is 85.7 Å². The van der Waals surface area contributed by atoms with Gasteiger partial charge >= 0.3 is 0 Å². The molecule has 0 fully saturated rings. The summed E-state index contributed by atoms with van der Waals surface area (Å²) in [7, 11) is 2.74. The number of phenolic OH excluding ortho intramolecular Hbond substituents is 10. The molecule has 10 N–H and O–H groups in total. The summed E-state index contributed by atoms with van der Waals surface area (Å²) in [6, 6.07) is 24.4. The Labute approximate surface area is 368 Å². The number of hydrogen-bond acceptors (Lipinski definition) is 15. The molecule has 0 saturated heterocycles. The van der Waals surface area contributed by atoms with Crippen LogP contribution in [-0.2, 0) is 19.3 Å². The molecule has 0 spiro atoms. The van der Waals surface area contributed by atoms with Crippen molar-refractivity contribution in [3.05, 3.63) is 142 Å². The van der Waals surface area contributed by atoms with Crippen LogP contribution in [0.2, 0.25) is 0 Å². The van der Waals surface area contributed by atoms with Crippen LogP contribution in [-0.4, -0.2) is 82.6 Å². The molecule has 0 aromatic heterocycles. The minimum Gasteiger partial charge on any atom is -0.508 e. The smallest absolute Gasteiger partial charge is 0.170 e. The van der Waals surface area contributed by atoms with E-state index >= 15 is 0 Å². The molecule has 6 aromatic carbocycles. The highest BCUT2D eigenvalue weighted by molar-refractivity contribution is 6.03. The van der Waals surface area contributed by atoms with E-state index in [1.54, 1.807) is 60.7 Å². The zero-order chi connectivity index (χ0) is 47.2. The third-order valence-corrected chi connectivity index (χ3v) is 10.1. The highest BCUT2D eigenvalue weighted by atomic mass is 16.5. The van der Waals surface area contributed by atoms with Gasteiger partial charge in [-0.15, -0.1) is 0 Å². The van der Waals surface area contributed by atoms with Gasteiger partial charge in [-0.3, -0.25) is 14.4 Å². The highest BCUT2D eigenvalue weighted by Crippen LogP contribution is 2.39. The monoisotopic (exact) mass is 878 g/mol. The zero-order valence-electron chi connectivity index (χ0n) is 35.5. The van der Waals surface area contributed by atoms with Gasteiger partial charge in [0.05, 0.1) is 14.2 Å². The Morgan fingerprint density at radius 2 is 0.719 bits per heavy atom.